The van der Waals surface area contributed by atoms with Crippen LogP contribution >= 0.6 is 0 Å². The summed E-state index contributed by atoms with van der Waals surface area (Å²) in [5.74, 6) is -0.303. The number of ether oxygens (including phenoxy) is 1. The van der Waals surface area contributed by atoms with Crippen LogP contribution in [-0.2, 0) is 14.4 Å². The van der Waals surface area contributed by atoms with Gasteiger partial charge in [-0.3, -0.25) is 0 Å². The summed E-state index contributed by atoms with van der Waals surface area (Å²) < 4.78 is 4.68. The van der Waals surface area contributed by atoms with Crippen LogP contribution in [0.25, 0.3) is 0 Å². The Morgan fingerprint density at radius 1 is 1.47 bits per heavy atom. The number of phenolic OH excluding ortho intramolecular Hbond substituents is 1. The first kappa shape index (κ1) is 13.0. The fraction of sp³-hybridized carbons (Fsp3) is 0.333. The highest BCUT2D eigenvalue weighted by Crippen LogP contribution is 2.11. The topological polar surface area (TPSA) is 68.1 Å². The molecular formula is C12H15NO4. The second kappa shape index (κ2) is 6.52. The van der Waals surface area contributed by atoms with Crippen LogP contribution in [0.1, 0.15) is 19.4 Å². The molecule has 0 unspecified atom stereocenters. The van der Waals surface area contributed by atoms with E-state index >= 15 is 0 Å². The minimum Gasteiger partial charge on any atom is -0.508 e. The average molecular weight is 237 g/mol. The Labute approximate surface area is 99.7 Å². The molecule has 1 N–H and O–H groups in total. The van der Waals surface area contributed by atoms with E-state index in [2.05, 4.69) is 9.89 Å². The number of hydrogen-bond donors (Lipinski definition) is 1. The maximum atomic E-state index is 11.0. The molecule has 0 atom stereocenters. The van der Waals surface area contributed by atoms with Gasteiger partial charge in [-0.05, 0) is 26.0 Å². The maximum Gasteiger partial charge on any atom is 0.347 e. The second-order valence-corrected chi connectivity index (χ2v) is 3.31. The number of carbonyl (C=O) groups excluding carboxylic acids is 1. The molecule has 0 bridgehead atoms. The van der Waals surface area contributed by atoms with Gasteiger partial charge < -0.3 is 14.7 Å². The fourth-order valence-corrected chi connectivity index (χ4v) is 1.17. The van der Waals surface area contributed by atoms with E-state index in [0.29, 0.717) is 12.3 Å². The molecule has 92 valence electrons. The van der Waals surface area contributed by atoms with Crippen molar-refractivity contribution in [2.75, 3.05) is 13.2 Å². The lowest BCUT2D eigenvalue weighted by Gasteiger charge is -2.03. The zero-order chi connectivity index (χ0) is 12.7. The SMILES string of the molecule is CCOC(=O)CON=C(C)c1cccc(O)c1. The van der Waals surface area contributed by atoms with E-state index < -0.39 is 5.97 Å². The Balaban J connectivity index is 2.52. The molecular weight excluding hydrogens is 222 g/mol. The second-order valence-electron chi connectivity index (χ2n) is 3.31. The number of carbonyl (C=O) groups is 1. The molecule has 0 saturated heterocycles. The molecule has 0 aromatic heterocycles. The lowest BCUT2D eigenvalue weighted by Crippen LogP contribution is -2.11. The molecule has 0 fully saturated rings. The minimum absolute atomic E-state index is 0.155. The molecule has 0 radical (unpaired) electrons. The largest absolute Gasteiger partial charge is 0.508 e. The molecule has 0 spiro atoms. The van der Waals surface area contributed by atoms with Gasteiger partial charge in [0.2, 0.25) is 6.61 Å². The van der Waals surface area contributed by atoms with Crippen LogP contribution in [-0.4, -0.2) is 30.0 Å². The monoisotopic (exact) mass is 237 g/mol. The van der Waals surface area contributed by atoms with Crippen molar-refractivity contribution >= 4 is 11.7 Å². The predicted octanol–water partition coefficient (Wildman–Crippen LogP) is 1.70. The normalized spacial score (nSPS) is 11.1. The van der Waals surface area contributed by atoms with E-state index in [-0.39, 0.29) is 12.4 Å². The molecule has 0 saturated carbocycles. The third kappa shape index (κ3) is 4.55. The molecule has 1 aromatic carbocycles. The van der Waals surface area contributed by atoms with Crippen molar-refractivity contribution in [3.63, 3.8) is 0 Å². The highest BCUT2D eigenvalue weighted by molar-refractivity contribution is 5.98. The summed E-state index contributed by atoms with van der Waals surface area (Å²) >= 11 is 0. The summed E-state index contributed by atoms with van der Waals surface area (Å²) in [5, 5.41) is 13.0. The van der Waals surface area contributed by atoms with Crippen LogP contribution < -0.4 is 0 Å². The molecule has 0 amide bonds. The Hall–Kier alpha value is -2.04. The first-order valence-corrected chi connectivity index (χ1v) is 5.25. The van der Waals surface area contributed by atoms with E-state index in [0.717, 1.165) is 5.56 Å². The predicted molar refractivity (Wildman–Crippen MR) is 62.9 cm³/mol. The van der Waals surface area contributed by atoms with E-state index in [1.165, 1.54) is 0 Å². The highest BCUT2D eigenvalue weighted by atomic mass is 16.7. The van der Waals surface area contributed by atoms with Gasteiger partial charge in [0.25, 0.3) is 0 Å². The number of phenols is 1. The van der Waals surface area contributed by atoms with E-state index in [9.17, 15) is 9.90 Å². The number of benzene rings is 1. The molecule has 0 aliphatic rings. The smallest absolute Gasteiger partial charge is 0.347 e. The Morgan fingerprint density at radius 3 is 2.88 bits per heavy atom. The molecule has 1 aromatic rings. The minimum atomic E-state index is -0.458. The van der Waals surface area contributed by atoms with Gasteiger partial charge >= 0.3 is 5.97 Å². The number of rotatable bonds is 5. The van der Waals surface area contributed by atoms with Crippen molar-refractivity contribution in [2.24, 2.45) is 5.16 Å². The molecule has 0 aliphatic carbocycles. The fourth-order valence-electron chi connectivity index (χ4n) is 1.17. The summed E-state index contributed by atoms with van der Waals surface area (Å²) in [6.45, 7) is 3.54. The Morgan fingerprint density at radius 2 is 2.24 bits per heavy atom. The van der Waals surface area contributed by atoms with Crippen molar-refractivity contribution in [3.8, 4) is 5.75 Å². The third-order valence-corrected chi connectivity index (χ3v) is 1.95. The summed E-state index contributed by atoms with van der Waals surface area (Å²) in [4.78, 5) is 15.8. The van der Waals surface area contributed by atoms with Crippen LogP contribution in [0.5, 0.6) is 5.75 Å². The van der Waals surface area contributed by atoms with Crippen molar-refractivity contribution in [2.45, 2.75) is 13.8 Å². The van der Waals surface area contributed by atoms with Gasteiger partial charge in [-0.25, -0.2) is 4.79 Å². The van der Waals surface area contributed by atoms with Gasteiger partial charge in [0.1, 0.15) is 5.75 Å². The number of hydrogen-bond acceptors (Lipinski definition) is 5. The van der Waals surface area contributed by atoms with E-state index in [1.807, 2.05) is 0 Å². The standard InChI is InChI=1S/C12H15NO4/c1-3-16-12(15)8-17-13-9(2)10-5-4-6-11(14)7-10/h4-7,14H,3,8H2,1-2H3. The van der Waals surface area contributed by atoms with Crippen molar-refractivity contribution in [3.05, 3.63) is 29.8 Å². The van der Waals surface area contributed by atoms with Gasteiger partial charge in [-0.15, -0.1) is 0 Å². The van der Waals surface area contributed by atoms with Gasteiger partial charge in [0.05, 0.1) is 12.3 Å². The summed E-state index contributed by atoms with van der Waals surface area (Å²) in [6, 6.07) is 6.62. The number of aromatic hydroxyl groups is 1. The maximum absolute atomic E-state index is 11.0. The van der Waals surface area contributed by atoms with Crippen LogP contribution in [0.4, 0.5) is 0 Å². The van der Waals surface area contributed by atoms with Crippen molar-refractivity contribution < 1.29 is 19.5 Å². The molecule has 5 nitrogen and oxygen atoms in total. The quantitative estimate of drug-likeness (QED) is 0.480. The van der Waals surface area contributed by atoms with Crippen LogP contribution in [0, 0.1) is 0 Å². The number of esters is 1. The lowest BCUT2D eigenvalue weighted by molar-refractivity contribution is -0.148. The number of nitrogens with zero attached hydrogens (tertiary/aromatic N) is 1. The molecule has 5 heteroatoms. The molecule has 17 heavy (non-hydrogen) atoms. The first-order valence-electron chi connectivity index (χ1n) is 5.25. The van der Waals surface area contributed by atoms with Gasteiger partial charge in [-0.1, -0.05) is 17.3 Å². The van der Waals surface area contributed by atoms with Gasteiger partial charge in [0.15, 0.2) is 0 Å². The Kier molecular flexibility index (Phi) is 5.00. The van der Waals surface area contributed by atoms with Crippen molar-refractivity contribution in [1.82, 2.24) is 0 Å². The van der Waals surface area contributed by atoms with Crippen molar-refractivity contribution in [1.29, 1.82) is 0 Å². The summed E-state index contributed by atoms with van der Waals surface area (Å²) in [7, 11) is 0. The average Bonchev–Trinajstić information content (AvgIpc) is 2.29. The van der Waals surface area contributed by atoms with E-state index in [4.69, 9.17) is 4.84 Å². The highest BCUT2D eigenvalue weighted by Gasteiger charge is 2.02. The van der Waals surface area contributed by atoms with E-state index in [1.54, 1.807) is 38.1 Å². The lowest BCUT2D eigenvalue weighted by atomic mass is 10.1. The molecule has 0 heterocycles. The van der Waals surface area contributed by atoms with Gasteiger partial charge in [0, 0.05) is 5.56 Å². The zero-order valence-electron chi connectivity index (χ0n) is 9.84. The molecule has 1 rings (SSSR count). The first-order chi connectivity index (χ1) is 8.13. The molecule has 0 aliphatic heterocycles. The number of oxime groups is 1. The Bertz CT molecular complexity index is 415. The van der Waals surface area contributed by atoms with Crippen LogP contribution in [0.15, 0.2) is 29.4 Å². The third-order valence-electron chi connectivity index (χ3n) is 1.95. The summed E-state index contributed by atoms with van der Waals surface area (Å²) in [6.07, 6.45) is 0. The van der Waals surface area contributed by atoms with Gasteiger partial charge in [-0.2, -0.15) is 0 Å². The zero-order valence-corrected chi connectivity index (χ0v) is 9.84. The van der Waals surface area contributed by atoms with Crippen LogP contribution in [0.2, 0.25) is 0 Å². The van der Waals surface area contributed by atoms with Crippen LogP contribution in [0.3, 0.4) is 0 Å². The summed E-state index contributed by atoms with van der Waals surface area (Å²) in [5.41, 5.74) is 1.30.